The minimum absolute atomic E-state index is 0.312. The second-order valence-corrected chi connectivity index (χ2v) is 5.65. The Kier molecular flexibility index (Phi) is 5.02. The molecule has 0 aliphatic rings. The van der Waals surface area contributed by atoms with Crippen LogP contribution in [0.3, 0.4) is 0 Å². The summed E-state index contributed by atoms with van der Waals surface area (Å²) in [7, 11) is 0. The van der Waals surface area contributed by atoms with Crippen LogP contribution in [-0.2, 0) is 13.0 Å². The Morgan fingerprint density at radius 2 is 1.50 bits per heavy atom. The summed E-state index contributed by atoms with van der Waals surface area (Å²) in [5, 5.41) is 3.28. The molecule has 0 amide bonds. The molecule has 3 heteroatoms. The van der Waals surface area contributed by atoms with Crippen molar-refractivity contribution in [3.8, 4) is 0 Å². The van der Waals surface area contributed by atoms with Gasteiger partial charge in [0.25, 0.3) is 0 Å². The van der Waals surface area contributed by atoms with Gasteiger partial charge >= 0.3 is 0 Å². The number of anilines is 1. The monoisotopic (exact) mass is 318 g/mol. The van der Waals surface area contributed by atoms with E-state index >= 15 is 0 Å². The molecule has 120 valence electrons. The smallest absolute Gasteiger partial charge is 0.125 e. The van der Waals surface area contributed by atoms with E-state index in [0.717, 1.165) is 17.7 Å². The average molecular weight is 318 g/mol. The molecule has 24 heavy (non-hydrogen) atoms. The maximum atomic E-state index is 13.2. The van der Waals surface area contributed by atoms with Gasteiger partial charge in [0.1, 0.15) is 5.82 Å². The van der Waals surface area contributed by atoms with Crippen LogP contribution in [0.15, 0.2) is 77.8 Å². The largest absolute Gasteiger partial charge is 0.379 e. The highest BCUT2D eigenvalue weighted by Crippen LogP contribution is 2.25. The Bertz CT molecular complexity index is 811. The summed E-state index contributed by atoms with van der Waals surface area (Å²) in [6, 6.07) is 23.4. The number of benzene rings is 3. The van der Waals surface area contributed by atoms with E-state index in [9.17, 15) is 4.39 Å². The highest BCUT2D eigenvalue weighted by atomic mass is 19.1. The van der Waals surface area contributed by atoms with E-state index < -0.39 is 0 Å². The van der Waals surface area contributed by atoms with Crippen molar-refractivity contribution in [3.05, 3.63) is 95.3 Å². The summed E-state index contributed by atoms with van der Waals surface area (Å²) >= 11 is 0. The molecule has 0 saturated heterocycles. The van der Waals surface area contributed by atoms with Crippen LogP contribution < -0.4 is 5.32 Å². The number of rotatable bonds is 6. The molecule has 0 bridgehead atoms. The molecule has 0 radical (unpaired) electrons. The van der Waals surface area contributed by atoms with Crippen LogP contribution in [0.2, 0.25) is 0 Å². The zero-order chi connectivity index (χ0) is 16.8. The summed E-state index contributed by atoms with van der Waals surface area (Å²) in [6.45, 7) is 4.14. The molecular weight excluding hydrogens is 299 g/mol. The molecule has 3 aromatic carbocycles. The molecule has 3 aromatic rings. The SMILES string of the molecule is C=Nc1cc(F)ccc1NCc1ccc(Cc2ccccc2)cc1. The maximum Gasteiger partial charge on any atom is 0.125 e. The first-order valence-electron chi connectivity index (χ1n) is 7.86. The van der Waals surface area contributed by atoms with Crippen LogP contribution >= 0.6 is 0 Å². The van der Waals surface area contributed by atoms with E-state index in [1.54, 1.807) is 6.07 Å². The van der Waals surface area contributed by atoms with Crippen LogP contribution in [-0.4, -0.2) is 6.72 Å². The number of nitrogens with one attached hydrogen (secondary N) is 1. The van der Waals surface area contributed by atoms with E-state index in [-0.39, 0.29) is 5.82 Å². The first-order chi connectivity index (χ1) is 11.7. The van der Waals surface area contributed by atoms with Gasteiger partial charge in [-0.25, -0.2) is 4.39 Å². The van der Waals surface area contributed by atoms with Gasteiger partial charge in [-0.3, -0.25) is 4.99 Å². The van der Waals surface area contributed by atoms with Crippen molar-refractivity contribution in [3.63, 3.8) is 0 Å². The molecule has 2 nitrogen and oxygen atoms in total. The Morgan fingerprint density at radius 3 is 2.21 bits per heavy atom. The molecular formula is C21H19FN2. The molecule has 0 atom stereocenters. The highest BCUT2D eigenvalue weighted by Gasteiger charge is 2.03. The van der Waals surface area contributed by atoms with Crippen LogP contribution in [0.25, 0.3) is 0 Å². The first kappa shape index (κ1) is 15.9. The van der Waals surface area contributed by atoms with Gasteiger partial charge in [-0.05, 0) is 42.0 Å². The van der Waals surface area contributed by atoms with Gasteiger partial charge in [0.15, 0.2) is 0 Å². The second kappa shape index (κ2) is 7.55. The molecule has 0 unspecified atom stereocenters. The highest BCUT2D eigenvalue weighted by molar-refractivity contribution is 5.67. The lowest BCUT2D eigenvalue weighted by atomic mass is 10.0. The maximum absolute atomic E-state index is 13.2. The number of nitrogens with zero attached hydrogens (tertiary/aromatic N) is 1. The fraction of sp³-hybridized carbons (Fsp3) is 0.0952. The fourth-order valence-electron chi connectivity index (χ4n) is 2.59. The fourth-order valence-corrected chi connectivity index (χ4v) is 2.59. The summed E-state index contributed by atoms with van der Waals surface area (Å²) in [4.78, 5) is 3.85. The van der Waals surface area contributed by atoms with E-state index in [4.69, 9.17) is 0 Å². The summed E-state index contributed by atoms with van der Waals surface area (Å²) < 4.78 is 13.2. The standard InChI is InChI=1S/C21H19FN2/c1-23-21-14-19(22)11-12-20(21)24-15-18-9-7-17(8-10-18)13-16-5-3-2-4-6-16/h2-12,14,24H,1,13,15H2. The Morgan fingerprint density at radius 1 is 0.833 bits per heavy atom. The van der Waals surface area contributed by atoms with Crippen LogP contribution in [0, 0.1) is 5.82 Å². The molecule has 0 aliphatic carbocycles. The van der Waals surface area contributed by atoms with Gasteiger partial charge in [0.2, 0.25) is 0 Å². The minimum atomic E-state index is -0.312. The molecule has 0 fully saturated rings. The van der Waals surface area contributed by atoms with E-state index in [2.05, 4.69) is 65.6 Å². The molecule has 1 N–H and O–H groups in total. The van der Waals surface area contributed by atoms with E-state index in [1.165, 1.54) is 23.3 Å². The van der Waals surface area contributed by atoms with Crippen molar-refractivity contribution in [2.24, 2.45) is 4.99 Å². The van der Waals surface area contributed by atoms with E-state index in [0.29, 0.717) is 12.2 Å². The molecule has 3 rings (SSSR count). The van der Waals surface area contributed by atoms with Gasteiger partial charge < -0.3 is 5.32 Å². The zero-order valence-electron chi connectivity index (χ0n) is 13.4. The second-order valence-electron chi connectivity index (χ2n) is 5.65. The quantitative estimate of drug-likeness (QED) is 0.608. The van der Waals surface area contributed by atoms with E-state index in [1.807, 2.05) is 6.07 Å². The van der Waals surface area contributed by atoms with Gasteiger partial charge in [-0.1, -0.05) is 54.6 Å². The van der Waals surface area contributed by atoms with Crippen molar-refractivity contribution in [1.82, 2.24) is 0 Å². The molecule has 0 heterocycles. The normalized spacial score (nSPS) is 10.4. The summed E-state index contributed by atoms with van der Waals surface area (Å²) in [6.07, 6.45) is 0.928. The molecule has 0 saturated carbocycles. The van der Waals surface area contributed by atoms with Crippen molar-refractivity contribution in [2.45, 2.75) is 13.0 Å². The summed E-state index contributed by atoms with van der Waals surface area (Å²) in [5.74, 6) is -0.312. The van der Waals surface area contributed by atoms with Crippen molar-refractivity contribution in [1.29, 1.82) is 0 Å². The van der Waals surface area contributed by atoms with Crippen molar-refractivity contribution < 1.29 is 4.39 Å². The number of hydrogen-bond acceptors (Lipinski definition) is 2. The first-order valence-corrected chi connectivity index (χ1v) is 7.86. The number of halogens is 1. The lowest BCUT2D eigenvalue weighted by Crippen LogP contribution is -2.00. The number of hydrogen-bond donors (Lipinski definition) is 1. The topological polar surface area (TPSA) is 24.4 Å². The zero-order valence-corrected chi connectivity index (χ0v) is 13.4. The van der Waals surface area contributed by atoms with Crippen LogP contribution in [0.4, 0.5) is 15.8 Å². The van der Waals surface area contributed by atoms with Crippen LogP contribution in [0.5, 0.6) is 0 Å². The predicted octanol–water partition coefficient (Wildman–Crippen LogP) is 5.36. The Balaban J connectivity index is 1.63. The minimum Gasteiger partial charge on any atom is -0.379 e. The van der Waals surface area contributed by atoms with Gasteiger partial charge in [0, 0.05) is 12.6 Å². The van der Waals surface area contributed by atoms with Gasteiger partial charge in [-0.15, -0.1) is 0 Å². The Hall–Kier alpha value is -2.94. The van der Waals surface area contributed by atoms with Crippen LogP contribution in [0.1, 0.15) is 16.7 Å². The molecule has 0 aliphatic heterocycles. The van der Waals surface area contributed by atoms with Crippen molar-refractivity contribution in [2.75, 3.05) is 5.32 Å². The third-order valence-corrected chi connectivity index (χ3v) is 3.89. The lowest BCUT2D eigenvalue weighted by molar-refractivity contribution is 0.628. The third kappa shape index (κ3) is 4.07. The van der Waals surface area contributed by atoms with Gasteiger partial charge in [-0.2, -0.15) is 0 Å². The van der Waals surface area contributed by atoms with Crippen molar-refractivity contribution >= 4 is 18.1 Å². The molecule has 0 aromatic heterocycles. The Labute approximate surface area is 141 Å². The predicted molar refractivity (Wildman–Crippen MR) is 98.6 cm³/mol. The molecule has 0 spiro atoms. The average Bonchev–Trinajstić information content (AvgIpc) is 2.62. The van der Waals surface area contributed by atoms with Gasteiger partial charge in [0.05, 0.1) is 11.4 Å². The summed E-state index contributed by atoms with van der Waals surface area (Å²) in [5.41, 5.74) is 5.04. The third-order valence-electron chi connectivity index (χ3n) is 3.89. The lowest BCUT2D eigenvalue weighted by Gasteiger charge is -2.10. The number of aliphatic imine (C=N–C) groups is 1.